The van der Waals surface area contributed by atoms with Crippen LogP contribution in [0.15, 0.2) is 42.5 Å². The normalized spacial score (nSPS) is 10.7. The van der Waals surface area contributed by atoms with E-state index >= 15 is 0 Å². The first-order valence-electron chi connectivity index (χ1n) is 6.08. The van der Waals surface area contributed by atoms with Gasteiger partial charge in [-0.2, -0.15) is 8.78 Å². The van der Waals surface area contributed by atoms with Crippen molar-refractivity contribution in [1.29, 1.82) is 0 Å². The lowest BCUT2D eigenvalue weighted by atomic mass is 10.1. The molecule has 2 rings (SSSR count). The largest absolute Gasteiger partial charge is 0.435 e. The maximum absolute atomic E-state index is 13.1. The molecule has 2 nitrogen and oxygen atoms in total. The summed E-state index contributed by atoms with van der Waals surface area (Å²) in [6.45, 7) is -0.595. The van der Waals surface area contributed by atoms with Crippen molar-refractivity contribution in [2.45, 2.75) is 20.1 Å². The second kappa shape index (κ2) is 6.32. The van der Waals surface area contributed by atoms with Crippen molar-refractivity contribution >= 4 is 5.69 Å². The van der Waals surface area contributed by atoms with Crippen molar-refractivity contribution < 1.29 is 17.9 Å². The molecule has 0 unspecified atom stereocenters. The summed E-state index contributed by atoms with van der Waals surface area (Å²) in [5.41, 5.74) is 2.30. The number of ether oxygens (including phenoxy) is 1. The Bertz CT molecular complexity index is 570. The van der Waals surface area contributed by atoms with E-state index in [1.165, 1.54) is 18.2 Å². The van der Waals surface area contributed by atoms with Crippen LogP contribution in [-0.4, -0.2) is 6.61 Å². The Balaban J connectivity index is 1.95. The summed E-state index contributed by atoms with van der Waals surface area (Å²) < 4.78 is 41.4. The zero-order valence-electron chi connectivity index (χ0n) is 10.9. The van der Waals surface area contributed by atoms with Gasteiger partial charge in [-0.05, 0) is 48.4 Å². The van der Waals surface area contributed by atoms with Crippen molar-refractivity contribution in [3.63, 3.8) is 0 Å². The number of anilines is 1. The van der Waals surface area contributed by atoms with Crippen LogP contribution in [0.5, 0.6) is 5.75 Å². The Kier molecular flexibility index (Phi) is 4.50. The highest BCUT2D eigenvalue weighted by Crippen LogP contribution is 2.18. The standard InChI is InChI=1S/C15H14F3NO/c1-10-8-11(2-7-14(10)16)9-19-12-3-5-13(6-4-12)20-15(17)18/h2-8,15,19H,9H2,1H3. The number of benzene rings is 2. The van der Waals surface area contributed by atoms with Crippen molar-refractivity contribution in [3.8, 4) is 5.75 Å². The van der Waals surface area contributed by atoms with Gasteiger partial charge in [-0.15, -0.1) is 0 Å². The van der Waals surface area contributed by atoms with Gasteiger partial charge in [-0.3, -0.25) is 0 Å². The average molecular weight is 281 g/mol. The van der Waals surface area contributed by atoms with Crippen LogP contribution in [0.25, 0.3) is 0 Å². The Morgan fingerprint density at radius 3 is 2.40 bits per heavy atom. The predicted molar refractivity (Wildman–Crippen MR) is 71.5 cm³/mol. The summed E-state index contributed by atoms with van der Waals surface area (Å²) >= 11 is 0. The van der Waals surface area contributed by atoms with Crippen LogP contribution in [0.1, 0.15) is 11.1 Å². The molecule has 0 aliphatic heterocycles. The fourth-order valence-corrected chi connectivity index (χ4v) is 1.78. The highest BCUT2D eigenvalue weighted by Gasteiger charge is 2.04. The minimum atomic E-state index is -2.82. The summed E-state index contributed by atoms with van der Waals surface area (Å²) in [5.74, 6) is -0.120. The molecule has 0 fully saturated rings. The van der Waals surface area contributed by atoms with Gasteiger partial charge in [0.15, 0.2) is 0 Å². The van der Waals surface area contributed by atoms with E-state index in [0.717, 1.165) is 11.3 Å². The van der Waals surface area contributed by atoms with Crippen LogP contribution in [-0.2, 0) is 6.54 Å². The molecule has 106 valence electrons. The Labute approximate surface area is 115 Å². The molecule has 5 heteroatoms. The monoisotopic (exact) mass is 281 g/mol. The minimum absolute atomic E-state index is 0.114. The maximum atomic E-state index is 13.1. The zero-order chi connectivity index (χ0) is 14.5. The quantitative estimate of drug-likeness (QED) is 0.879. The first kappa shape index (κ1) is 14.2. The zero-order valence-corrected chi connectivity index (χ0v) is 10.9. The van der Waals surface area contributed by atoms with Gasteiger partial charge >= 0.3 is 6.61 Å². The van der Waals surface area contributed by atoms with E-state index in [-0.39, 0.29) is 11.6 Å². The Morgan fingerprint density at radius 1 is 1.10 bits per heavy atom. The van der Waals surface area contributed by atoms with Gasteiger partial charge in [-0.25, -0.2) is 4.39 Å². The topological polar surface area (TPSA) is 21.3 Å². The lowest BCUT2D eigenvalue weighted by molar-refractivity contribution is -0.0498. The first-order chi connectivity index (χ1) is 9.54. The number of hydrogen-bond donors (Lipinski definition) is 1. The number of halogens is 3. The molecule has 0 aliphatic rings. The van der Waals surface area contributed by atoms with Crippen LogP contribution in [0.4, 0.5) is 18.9 Å². The lowest BCUT2D eigenvalue weighted by Crippen LogP contribution is -2.03. The molecular formula is C15H14F3NO. The molecule has 0 bridgehead atoms. The predicted octanol–water partition coefficient (Wildman–Crippen LogP) is 4.35. The van der Waals surface area contributed by atoms with E-state index in [0.29, 0.717) is 12.1 Å². The van der Waals surface area contributed by atoms with Crippen LogP contribution in [0.2, 0.25) is 0 Å². The highest BCUT2D eigenvalue weighted by molar-refractivity contribution is 5.47. The van der Waals surface area contributed by atoms with E-state index in [2.05, 4.69) is 10.1 Å². The van der Waals surface area contributed by atoms with Crippen LogP contribution in [0.3, 0.4) is 0 Å². The molecule has 2 aromatic carbocycles. The van der Waals surface area contributed by atoms with Crippen LogP contribution in [0, 0.1) is 12.7 Å². The molecular weight excluding hydrogens is 267 g/mol. The molecule has 0 radical (unpaired) electrons. The molecule has 0 aromatic heterocycles. The van der Waals surface area contributed by atoms with Crippen LogP contribution >= 0.6 is 0 Å². The van der Waals surface area contributed by atoms with Crippen molar-refractivity contribution in [2.75, 3.05) is 5.32 Å². The van der Waals surface area contributed by atoms with Crippen molar-refractivity contribution in [1.82, 2.24) is 0 Å². The van der Waals surface area contributed by atoms with Gasteiger partial charge in [0.25, 0.3) is 0 Å². The number of aryl methyl sites for hydroxylation is 1. The fourth-order valence-electron chi connectivity index (χ4n) is 1.78. The third-order valence-electron chi connectivity index (χ3n) is 2.80. The van der Waals surface area contributed by atoms with E-state index in [1.54, 1.807) is 31.2 Å². The second-order valence-electron chi connectivity index (χ2n) is 4.34. The van der Waals surface area contributed by atoms with E-state index in [1.807, 2.05) is 0 Å². The molecule has 0 heterocycles. The highest BCUT2D eigenvalue weighted by atomic mass is 19.3. The number of nitrogens with one attached hydrogen (secondary N) is 1. The molecule has 1 N–H and O–H groups in total. The molecule has 0 saturated heterocycles. The minimum Gasteiger partial charge on any atom is -0.435 e. The third kappa shape index (κ3) is 3.91. The number of alkyl halides is 2. The summed E-state index contributed by atoms with van der Waals surface area (Å²) in [4.78, 5) is 0. The summed E-state index contributed by atoms with van der Waals surface area (Å²) in [6.07, 6.45) is 0. The van der Waals surface area contributed by atoms with Gasteiger partial charge < -0.3 is 10.1 Å². The molecule has 0 amide bonds. The number of rotatable bonds is 5. The second-order valence-corrected chi connectivity index (χ2v) is 4.34. The first-order valence-corrected chi connectivity index (χ1v) is 6.08. The van der Waals surface area contributed by atoms with Gasteiger partial charge in [0.1, 0.15) is 11.6 Å². The van der Waals surface area contributed by atoms with Gasteiger partial charge in [0, 0.05) is 12.2 Å². The SMILES string of the molecule is Cc1cc(CNc2ccc(OC(F)F)cc2)ccc1F. The molecule has 0 saturated carbocycles. The van der Waals surface area contributed by atoms with E-state index in [9.17, 15) is 13.2 Å². The van der Waals surface area contributed by atoms with Crippen molar-refractivity contribution in [3.05, 3.63) is 59.4 Å². The Morgan fingerprint density at radius 2 is 1.80 bits per heavy atom. The van der Waals surface area contributed by atoms with E-state index in [4.69, 9.17) is 0 Å². The van der Waals surface area contributed by atoms with Crippen LogP contribution < -0.4 is 10.1 Å². The molecule has 0 aliphatic carbocycles. The number of hydrogen-bond acceptors (Lipinski definition) is 2. The lowest BCUT2D eigenvalue weighted by Gasteiger charge is -2.09. The average Bonchev–Trinajstić information content (AvgIpc) is 2.41. The summed E-state index contributed by atoms with van der Waals surface area (Å²) in [5, 5.41) is 3.12. The fraction of sp³-hybridized carbons (Fsp3) is 0.200. The summed E-state index contributed by atoms with van der Waals surface area (Å²) in [6, 6.07) is 11.1. The molecule has 0 spiro atoms. The molecule has 0 atom stereocenters. The molecule has 2 aromatic rings. The van der Waals surface area contributed by atoms with E-state index < -0.39 is 6.61 Å². The van der Waals surface area contributed by atoms with Gasteiger partial charge in [-0.1, -0.05) is 12.1 Å². The van der Waals surface area contributed by atoms with Gasteiger partial charge in [0.2, 0.25) is 0 Å². The summed E-state index contributed by atoms with van der Waals surface area (Å²) in [7, 11) is 0. The smallest absolute Gasteiger partial charge is 0.387 e. The maximum Gasteiger partial charge on any atom is 0.387 e. The Hall–Kier alpha value is -2.17. The third-order valence-corrected chi connectivity index (χ3v) is 2.80. The van der Waals surface area contributed by atoms with Gasteiger partial charge in [0.05, 0.1) is 0 Å². The van der Waals surface area contributed by atoms with Crippen molar-refractivity contribution in [2.24, 2.45) is 0 Å². The molecule has 20 heavy (non-hydrogen) atoms.